The van der Waals surface area contributed by atoms with E-state index in [-0.39, 0.29) is 12.3 Å². The molecule has 1 amide bonds. The molecule has 3 aromatic carbocycles. The SMILES string of the molecule is C=C(c1ccc(C(=O)NCCc2ccc(C)cc2)cc1)c1ncc(CC(=O)O)c2cc(OC)c(OC)cc12. The van der Waals surface area contributed by atoms with E-state index in [1.807, 2.05) is 19.1 Å². The fourth-order valence-electron chi connectivity index (χ4n) is 4.30. The summed E-state index contributed by atoms with van der Waals surface area (Å²) in [6, 6.07) is 19.0. The lowest BCUT2D eigenvalue weighted by Crippen LogP contribution is -2.25. The predicted octanol–water partition coefficient (Wildman–Crippen LogP) is 5.22. The molecule has 0 fully saturated rings. The number of nitrogens with one attached hydrogen (secondary N) is 1. The minimum absolute atomic E-state index is 0.146. The monoisotopic (exact) mass is 510 g/mol. The van der Waals surface area contributed by atoms with Crippen LogP contribution in [0, 0.1) is 6.92 Å². The van der Waals surface area contributed by atoms with Crippen LogP contribution in [0.5, 0.6) is 11.5 Å². The number of ether oxygens (including phenoxy) is 2. The Morgan fingerprint density at radius 3 is 2.13 bits per heavy atom. The van der Waals surface area contributed by atoms with Crippen molar-refractivity contribution in [3.8, 4) is 11.5 Å². The van der Waals surface area contributed by atoms with Gasteiger partial charge in [-0.25, -0.2) is 0 Å². The van der Waals surface area contributed by atoms with Crippen LogP contribution in [0.4, 0.5) is 0 Å². The molecule has 7 nitrogen and oxygen atoms in total. The van der Waals surface area contributed by atoms with E-state index in [0.29, 0.717) is 51.2 Å². The second-order valence-corrected chi connectivity index (χ2v) is 9.00. The van der Waals surface area contributed by atoms with Crippen molar-refractivity contribution in [1.82, 2.24) is 10.3 Å². The standard InChI is InChI=1S/C31H30N2O5/c1-19-5-7-21(8-6-19)13-14-32-31(36)23-11-9-22(10-12-23)20(2)30-26-17-28(38-4)27(37-3)16-25(26)24(18-33-30)15-29(34)35/h5-12,16-18H,2,13-15H2,1,3-4H3,(H,32,36)(H,34,35). The van der Waals surface area contributed by atoms with E-state index in [2.05, 4.69) is 41.1 Å². The summed E-state index contributed by atoms with van der Waals surface area (Å²) in [5.74, 6) is -0.108. The van der Waals surface area contributed by atoms with E-state index in [4.69, 9.17) is 9.47 Å². The topological polar surface area (TPSA) is 97.8 Å². The van der Waals surface area contributed by atoms with Gasteiger partial charge in [0.05, 0.1) is 26.3 Å². The molecule has 1 heterocycles. The number of hydrogen-bond donors (Lipinski definition) is 2. The van der Waals surface area contributed by atoms with Crippen molar-refractivity contribution in [1.29, 1.82) is 0 Å². The van der Waals surface area contributed by atoms with Gasteiger partial charge in [0, 0.05) is 29.3 Å². The molecule has 0 spiro atoms. The number of fused-ring (bicyclic) bond motifs is 1. The van der Waals surface area contributed by atoms with Gasteiger partial charge in [0.25, 0.3) is 5.91 Å². The summed E-state index contributed by atoms with van der Waals surface area (Å²) in [4.78, 5) is 28.6. The summed E-state index contributed by atoms with van der Waals surface area (Å²) in [7, 11) is 3.07. The third kappa shape index (κ3) is 5.83. The molecule has 0 unspecified atom stereocenters. The van der Waals surface area contributed by atoms with Crippen LogP contribution in [0.1, 0.15) is 38.3 Å². The van der Waals surface area contributed by atoms with Crippen molar-refractivity contribution in [2.24, 2.45) is 0 Å². The third-order valence-electron chi connectivity index (χ3n) is 6.42. The van der Waals surface area contributed by atoms with Crippen LogP contribution < -0.4 is 14.8 Å². The van der Waals surface area contributed by atoms with Gasteiger partial charge in [-0.3, -0.25) is 14.6 Å². The Labute approximate surface area is 221 Å². The van der Waals surface area contributed by atoms with Gasteiger partial charge in [-0.05, 0) is 59.7 Å². The lowest BCUT2D eigenvalue weighted by atomic mass is 9.95. The molecular formula is C31H30N2O5. The van der Waals surface area contributed by atoms with E-state index in [1.165, 1.54) is 25.3 Å². The number of methoxy groups -OCH3 is 2. The Morgan fingerprint density at radius 2 is 1.53 bits per heavy atom. The van der Waals surface area contributed by atoms with Gasteiger partial charge in [0.1, 0.15) is 0 Å². The molecule has 0 aliphatic heterocycles. The summed E-state index contributed by atoms with van der Waals surface area (Å²) in [6.07, 6.45) is 2.13. The molecule has 0 radical (unpaired) electrons. The molecular weight excluding hydrogens is 480 g/mol. The number of carboxylic acid groups (broad SMARTS) is 1. The van der Waals surface area contributed by atoms with Gasteiger partial charge >= 0.3 is 5.97 Å². The highest BCUT2D eigenvalue weighted by molar-refractivity contribution is 6.00. The van der Waals surface area contributed by atoms with Gasteiger partial charge in [0.15, 0.2) is 11.5 Å². The van der Waals surface area contributed by atoms with Gasteiger partial charge in [-0.1, -0.05) is 48.5 Å². The summed E-state index contributed by atoms with van der Waals surface area (Å²) in [5, 5.41) is 13.7. The Balaban J connectivity index is 1.56. The summed E-state index contributed by atoms with van der Waals surface area (Å²) >= 11 is 0. The number of carbonyl (C=O) groups excluding carboxylic acids is 1. The molecule has 0 aliphatic carbocycles. The number of pyridine rings is 1. The van der Waals surface area contributed by atoms with Crippen LogP contribution in [-0.2, 0) is 17.6 Å². The van der Waals surface area contributed by atoms with Crippen molar-refractivity contribution in [3.05, 3.63) is 107 Å². The first-order chi connectivity index (χ1) is 18.3. The van der Waals surface area contributed by atoms with Gasteiger partial charge in [-0.2, -0.15) is 0 Å². The smallest absolute Gasteiger partial charge is 0.307 e. The van der Waals surface area contributed by atoms with Crippen LogP contribution in [0.25, 0.3) is 16.3 Å². The molecule has 2 N–H and O–H groups in total. The molecule has 1 aromatic heterocycles. The second-order valence-electron chi connectivity index (χ2n) is 9.00. The van der Waals surface area contributed by atoms with Gasteiger partial charge < -0.3 is 19.9 Å². The highest BCUT2D eigenvalue weighted by atomic mass is 16.5. The van der Waals surface area contributed by atoms with E-state index in [0.717, 1.165) is 12.0 Å². The molecule has 7 heteroatoms. The Morgan fingerprint density at radius 1 is 0.921 bits per heavy atom. The van der Waals surface area contributed by atoms with E-state index >= 15 is 0 Å². The highest BCUT2D eigenvalue weighted by Gasteiger charge is 2.17. The maximum absolute atomic E-state index is 12.7. The maximum atomic E-state index is 12.7. The van der Waals surface area contributed by atoms with Crippen molar-refractivity contribution < 1.29 is 24.2 Å². The fraction of sp³-hybridized carbons (Fsp3) is 0.194. The normalized spacial score (nSPS) is 10.7. The second kappa shape index (κ2) is 11.6. The number of amides is 1. The number of nitrogens with zero attached hydrogens (tertiary/aromatic N) is 1. The zero-order valence-electron chi connectivity index (χ0n) is 21.7. The Hall–Kier alpha value is -4.65. The number of hydrogen-bond acceptors (Lipinski definition) is 5. The molecule has 38 heavy (non-hydrogen) atoms. The first-order valence-corrected chi connectivity index (χ1v) is 12.2. The van der Waals surface area contributed by atoms with Crippen LogP contribution in [-0.4, -0.2) is 42.7 Å². The number of rotatable bonds is 10. The number of aryl methyl sites for hydroxylation is 1. The highest BCUT2D eigenvalue weighted by Crippen LogP contribution is 2.37. The van der Waals surface area contributed by atoms with Gasteiger partial charge in [-0.15, -0.1) is 0 Å². The first-order valence-electron chi connectivity index (χ1n) is 12.2. The minimum atomic E-state index is -0.956. The maximum Gasteiger partial charge on any atom is 0.307 e. The van der Waals surface area contributed by atoms with Gasteiger partial charge in [0.2, 0.25) is 0 Å². The van der Waals surface area contributed by atoms with Crippen LogP contribution in [0.3, 0.4) is 0 Å². The minimum Gasteiger partial charge on any atom is -0.493 e. The number of aliphatic carboxylic acids is 1. The lowest BCUT2D eigenvalue weighted by Gasteiger charge is -2.15. The predicted molar refractivity (Wildman–Crippen MR) is 148 cm³/mol. The van der Waals surface area contributed by atoms with Crippen molar-refractivity contribution in [2.45, 2.75) is 19.8 Å². The van der Waals surface area contributed by atoms with E-state index in [1.54, 1.807) is 30.5 Å². The van der Waals surface area contributed by atoms with Crippen LogP contribution in [0.15, 0.2) is 73.4 Å². The van der Waals surface area contributed by atoms with E-state index in [9.17, 15) is 14.7 Å². The molecule has 0 atom stereocenters. The Bertz CT molecular complexity index is 1490. The van der Waals surface area contributed by atoms with Crippen molar-refractivity contribution in [2.75, 3.05) is 20.8 Å². The zero-order valence-corrected chi connectivity index (χ0v) is 21.7. The molecule has 4 rings (SSSR count). The van der Waals surface area contributed by atoms with Crippen LogP contribution in [0.2, 0.25) is 0 Å². The number of carbonyl (C=O) groups is 2. The third-order valence-corrected chi connectivity index (χ3v) is 6.42. The molecule has 4 aromatic rings. The lowest BCUT2D eigenvalue weighted by molar-refractivity contribution is -0.136. The van der Waals surface area contributed by atoms with Crippen molar-refractivity contribution in [3.63, 3.8) is 0 Å². The first kappa shape index (κ1) is 26.4. The number of aromatic nitrogens is 1. The Kier molecular flexibility index (Phi) is 8.06. The molecule has 0 saturated heterocycles. The molecule has 0 saturated carbocycles. The quantitative estimate of drug-likeness (QED) is 0.304. The summed E-state index contributed by atoms with van der Waals surface area (Å²) < 4.78 is 10.9. The zero-order chi connectivity index (χ0) is 27.2. The fourth-order valence-corrected chi connectivity index (χ4v) is 4.30. The summed E-state index contributed by atoms with van der Waals surface area (Å²) in [6.45, 7) is 6.83. The average Bonchev–Trinajstić information content (AvgIpc) is 2.93. The number of benzene rings is 3. The molecule has 194 valence electrons. The molecule has 0 aliphatic rings. The van der Waals surface area contributed by atoms with E-state index < -0.39 is 5.97 Å². The summed E-state index contributed by atoms with van der Waals surface area (Å²) in [5.41, 5.74) is 5.49. The van der Waals surface area contributed by atoms with Crippen molar-refractivity contribution >= 4 is 28.2 Å². The van der Waals surface area contributed by atoms with Crippen LogP contribution >= 0.6 is 0 Å². The number of carboxylic acids is 1. The average molecular weight is 511 g/mol. The largest absolute Gasteiger partial charge is 0.493 e. The molecule has 0 bridgehead atoms.